The quantitative estimate of drug-likeness (QED) is 0.606. The van der Waals surface area contributed by atoms with Gasteiger partial charge in [0, 0.05) is 19.6 Å². The van der Waals surface area contributed by atoms with Crippen LogP contribution in [0.2, 0.25) is 0 Å². The van der Waals surface area contributed by atoms with Crippen molar-refractivity contribution in [2.45, 2.75) is 13.0 Å². The molecule has 21 heavy (non-hydrogen) atoms. The Kier molecular flexibility index (Phi) is 6.66. The maximum absolute atomic E-state index is 11.7. The zero-order valence-corrected chi connectivity index (χ0v) is 12.6. The van der Waals surface area contributed by atoms with Crippen molar-refractivity contribution in [3.8, 4) is 0 Å². The van der Waals surface area contributed by atoms with Crippen molar-refractivity contribution in [1.82, 2.24) is 10.2 Å². The number of benzene rings is 1. The molecule has 1 aromatic rings. The zero-order valence-electron chi connectivity index (χ0n) is 12.6. The van der Waals surface area contributed by atoms with Crippen LogP contribution in [0.3, 0.4) is 0 Å². The third kappa shape index (κ3) is 5.12. The van der Waals surface area contributed by atoms with Crippen molar-refractivity contribution < 1.29 is 14.3 Å². The third-order valence-corrected chi connectivity index (χ3v) is 3.67. The number of morpholine rings is 1. The number of nitrogens with one attached hydrogen (secondary N) is 1. The van der Waals surface area contributed by atoms with Crippen LogP contribution in [-0.4, -0.2) is 57.4 Å². The van der Waals surface area contributed by atoms with Crippen LogP contribution in [0, 0.1) is 0 Å². The molecule has 0 radical (unpaired) electrons. The van der Waals surface area contributed by atoms with Crippen molar-refractivity contribution in [1.29, 1.82) is 0 Å². The monoisotopic (exact) mass is 292 g/mol. The third-order valence-electron chi connectivity index (χ3n) is 3.67. The van der Waals surface area contributed by atoms with Gasteiger partial charge >= 0.3 is 5.97 Å². The summed E-state index contributed by atoms with van der Waals surface area (Å²) in [5.41, 5.74) is 1.62. The van der Waals surface area contributed by atoms with Gasteiger partial charge in [0.1, 0.15) is 0 Å². The minimum absolute atomic E-state index is 0.277. The fraction of sp³-hybridized carbons (Fsp3) is 0.562. The molecule has 1 aliphatic rings. The van der Waals surface area contributed by atoms with Gasteiger partial charge in [-0.3, -0.25) is 4.90 Å². The smallest absolute Gasteiger partial charge is 0.338 e. The standard InChI is InChI=1S/C16H24N2O3/c1-20-16(19)15-6-3-2-5-14(15)13-17-7-4-8-18-9-11-21-12-10-18/h2-3,5-6,17H,4,7-13H2,1H3. The van der Waals surface area contributed by atoms with E-state index in [-0.39, 0.29) is 5.97 Å². The molecule has 0 bridgehead atoms. The summed E-state index contributed by atoms with van der Waals surface area (Å²) in [4.78, 5) is 14.1. The lowest BCUT2D eigenvalue weighted by atomic mass is 10.1. The van der Waals surface area contributed by atoms with Crippen LogP contribution in [0.25, 0.3) is 0 Å². The lowest BCUT2D eigenvalue weighted by Crippen LogP contribution is -2.37. The van der Waals surface area contributed by atoms with E-state index in [1.165, 1.54) is 7.11 Å². The summed E-state index contributed by atoms with van der Waals surface area (Å²) in [7, 11) is 1.41. The molecular weight excluding hydrogens is 268 g/mol. The highest BCUT2D eigenvalue weighted by Crippen LogP contribution is 2.09. The fourth-order valence-electron chi connectivity index (χ4n) is 2.46. The predicted molar refractivity (Wildman–Crippen MR) is 81.4 cm³/mol. The molecule has 0 amide bonds. The number of esters is 1. The summed E-state index contributed by atoms with van der Waals surface area (Å²) in [5, 5.41) is 3.39. The largest absolute Gasteiger partial charge is 0.465 e. The molecule has 5 nitrogen and oxygen atoms in total. The van der Waals surface area contributed by atoms with Gasteiger partial charge in [-0.15, -0.1) is 0 Å². The number of methoxy groups -OCH3 is 1. The maximum atomic E-state index is 11.7. The highest BCUT2D eigenvalue weighted by Gasteiger charge is 2.11. The van der Waals surface area contributed by atoms with Crippen LogP contribution in [0.5, 0.6) is 0 Å². The summed E-state index contributed by atoms with van der Waals surface area (Å²) < 4.78 is 10.1. The summed E-state index contributed by atoms with van der Waals surface area (Å²) in [6, 6.07) is 7.56. The molecule has 0 atom stereocenters. The molecule has 1 fully saturated rings. The van der Waals surface area contributed by atoms with Gasteiger partial charge in [0.25, 0.3) is 0 Å². The zero-order chi connectivity index (χ0) is 14.9. The molecule has 116 valence electrons. The fourth-order valence-corrected chi connectivity index (χ4v) is 2.46. The maximum Gasteiger partial charge on any atom is 0.338 e. The van der Waals surface area contributed by atoms with Crippen LogP contribution in [0.15, 0.2) is 24.3 Å². The lowest BCUT2D eigenvalue weighted by Gasteiger charge is -2.26. The highest BCUT2D eigenvalue weighted by atomic mass is 16.5. The Labute approximate surface area is 126 Å². The first-order valence-corrected chi connectivity index (χ1v) is 7.48. The van der Waals surface area contributed by atoms with E-state index in [4.69, 9.17) is 9.47 Å². The van der Waals surface area contributed by atoms with Gasteiger partial charge in [-0.1, -0.05) is 18.2 Å². The first kappa shape index (κ1) is 15.9. The molecule has 0 aliphatic carbocycles. The van der Waals surface area contributed by atoms with E-state index < -0.39 is 0 Å². The molecule has 1 aliphatic heterocycles. The van der Waals surface area contributed by atoms with Gasteiger partial charge in [0.2, 0.25) is 0 Å². The number of carbonyl (C=O) groups excluding carboxylic acids is 1. The lowest BCUT2D eigenvalue weighted by molar-refractivity contribution is 0.0374. The van der Waals surface area contributed by atoms with Crippen LogP contribution in [0.4, 0.5) is 0 Å². The van der Waals surface area contributed by atoms with E-state index in [1.807, 2.05) is 18.2 Å². The second-order valence-electron chi connectivity index (χ2n) is 5.13. The summed E-state index contributed by atoms with van der Waals surface area (Å²) in [5.74, 6) is -0.277. The average molecular weight is 292 g/mol. The van der Waals surface area contributed by atoms with E-state index in [1.54, 1.807) is 6.07 Å². The average Bonchev–Trinajstić information content (AvgIpc) is 2.55. The van der Waals surface area contributed by atoms with E-state index in [0.717, 1.165) is 51.4 Å². The molecule has 0 unspecified atom stereocenters. The molecule has 0 aromatic heterocycles. The molecule has 1 saturated heterocycles. The van der Waals surface area contributed by atoms with Crippen molar-refractivity contribution in [3.05, 3.63) is 35.4 Å². The van der Waals surface area contributed by atoms with Crippen LogP contribution in [-0.2, 0) is 16.0 Å². The molecule has 1 heterocycles. The Morgan fingerprint density at radius 2 is 2.10 bits per heavy atom. The molecule has 2 rings (SSSR count). The Morgan fingerprint density at radius 1 is 1.33 bits per heavy atom. The number of rotatable bonds is 7. The van der Waals surface area contributed by atoms with Gasteiger partial charge < -0.3 is 14.8 Å². The number of ether oxygens (including phenoxy) is 2. The van der Waals surface area contributed by atoms with Gasteiger partial charge in [-0.2, -0.15) is 0 Å². The number of carbonyl (C=O) groups is 1. The molecule has 1 aromatic carbocycles. The Hall–Kier alpha value is -1.43. The molecular formula is C16H24N2O3. The Morgan fingerprint density at radius 3 is 2.86 bits per heavy atom. The van der Waals surface area contributed by atoms with Crippen LogP contribution >= 0.6 is 0 Å². The number of hydrogen-bond acceptors (Lipinski definition) is 5. The number of hydrogen-bond donors (Lipinski definition) is 1. The van der Waals surface area contributed by atoms with Gasteiger partial charge in [0.15, 0.2) is 0 Å². The van der Waals surface area contributed by atoms with Gasteiger partial charge in [0.05, 0.1) is 25.9 Å². The second-order valence-corrected chi connectivity index (χ2v) is 5.13. The minimum Gasteiger partial charge on any atom is -0.465 e. The molecule has 5 heteroatoms. The molecule has 1 N–H and O–H groups in total. The highest BCUT2D eigenvalue weighted by molar-refractivity contribution is 5.90. The first-order chi connectivity index (χ1) is 10.3. The van der Waals surface area contributed by atoms with E-state index in [2.05, 4.69) is 10.2 Å². The Balaban J connectivity index is 1.69. The Bertz CT molecular complexity index is 445. The van der Waals surface area contributed by atoms with Crippen LogP contribution in [0.1, 0.15) is 22.3 Å². The SMILES string of the molecule is COC(=O)c1ccccc1CNCCCN1CCOCC1. The van der Waals surface area contributed by atoms with E-state index in [0.29, 0.717) is 12.1 Å². The van der Waals surface area contributed by atoms with Crippen LogP contribution < -0.4 is 5.32 Å². The predicted octanol–water partition coefficient (Wildman–Crippen LogP) is 1.29. The van der Waals surface area contributed by atoms with E-state index in [9.17, 15) is 4.79 Å². The summed E-state index contributed by atoms with van der Waals surface area (Å²) in [6.45, 7) is 6.48. The van der Waals surface area contributed by atoms with E-state index >= 15 is 0 Å². The molecule has 0 spiro atoms. The summed E-state index contributed by atoms with van der Waals surface area (Å²) in [6.07, 6.45) is 1.10. The topological polar surface area (TPSA) is 50.8 Å². The first-order valence-electron chi connectivity index (χ1n) is 7.48. The summed E-state index contributed by atoms with van der Waals surface area (Å²) >= 11 is 0. The van der Waals surface area contributed by atoms with Gasteiger partial charge in [-0.05, 0) is 31.1 Å². The van der Waals surface area contributed by atoms with Crippen molar-refractivity contribution in [3.63, 3.8) is 0 Å². The van der Waals surface area contributed by atoms with Gasteiger partial charge in [-0.25, -0.2) is 4.79 Å². The van der Waals surface area contributed by atoms with Crippen molar-refractivity contribution in [2.24, 2.45) is 0 Å². The van der Waals surface area contributed by atoms with Crippen molar-refractivity contribution in [2.75, 3.05) is 46.5 Å². The molecule has 0 saturated carbocycles. The second kappa shape index (κ2) is 8.77. The van der Waals surface area contributed by atoms with Crippen molar-refractivity contribution >= 4 is 5.97 Å². The normalized spacial score (nSPS) is 15.9. The number of nitrogens with zero attached hydrogens (tertiary/aromatic N) is 1. The minimum atomic E-state index is -0.277.